The number of carbonyl (C=O) groups is 3. The minimum absolute atomic E-state index is 0.0223. The van der Waals surface area contributed by atoms with E-state index in [1.807, 2.05) is 13.0 Å². The van der Waals surface area contributed by atoms with E-state index < -0.39 is 23.2 Å². The van der Waals surface area contributed by atoms with Crippen LogP contribution in [-0.4, -0.2) is 35.5 Å². The zero-order valence-electron chi connectivity index (χ0n) is 28.9. The second-order valence-electron chi connectivity index (χ2n) is 17.3. The van der Waals surface area contributed by atoms with Crippen molar-refractivity contribution in [2.75, 3.05) is 6.61 Å². The summed E-state index contributed by atoms with van der Waals surface area (Å²) in [6.45, 7) is 16.9. The predicted molar refractivity (Wildman–Crippen MR) is 169 cm³/mol. The molecule has 0 aliphatic heterocycles. The minimum Gasteiger partial charge on any atom is -0.481 e. The van der Waals surface area contributed by atoms with Crippen molar-refractivity contribution in [3.8, 4) is 0 Å². The van der Waals surface area contributed by atoms with Crippen LogP contribution in [0, 0.1) is 57.2 Å². The van der Waals surface area contributed by atoms with Gasteiger partial charge in [-0.3, -0.25) is 9.59 Å². The van der Waals surface area contributed by atoms with Gasteiger partial charge in [0.2, 0.25) is 0 Å². The Morgan fingerprint density at radius 1 is 0.935 bits per heavy atom. The molecule has 0 aromatic carbocycles. The summed E-state index contributed by atoms with van der Waals surface area (Å²) in [6, 6.07) is 0. The molecule has 6 rings (SSSR count). The molecule has 0 saturated heterocycles. The fourth-order valence-electron chi connectivity index (χ4n) is 11.5. The van der Waals surface area contributed by atoms with Crippen LogP contribution in [-0.2, 0) is 30.5 Å². The van der Waals surface area contributed by atoms with E-state index in [-0.39, 0.29) is 81.5 Å². The van der Waals surface area contributed by atoms with Gasteiger partial charge in [0.25, 0.3) is 0 Å². The fourth-order valence-corrected chi connectivity index (χ4v) is 11.5. The molecule has 0 amide bonds. The first kappa shape index (κ1) is 33.2. The third-order valence-electron chi connectivity index (χ3n) is 14.6. The number of rotatable bonds is 6. The van der Waals surface area contributed by atoms with Gasteiger partial charge in [0.1, 0.15) is 6.61 Å². The highest BCUT2D eigenvalue weighted by atomic mass is 16.6. The first-order valence-electron chi connectivity index (χ1n) is 17.2. The summed E-state index contributed by atoms with van der Waals surface area (Å²) in [5.41, 5.74) is -0.451. The maximum atomic E-state index is 14.6. The van der Waals surface area contributed by atoms with E-state index in [0.29, 0.717) is 12.8 Å². The Kier molecular flexibility index (Phi) is 7.70. The monoisotopic (exact) mass is 640 g/mol. The molecule has 1 heterocycles. The highest BCUT2D eigenvalue weighted by molar-refractivity contribution is 5.95. The largest absolute Gasteiger partial charge is 0.519 e. The van der Waals surface area contributed by atoms with Crippen LogP contribution in [0.1, 0.15) is 118 Å². The molecule has 1 aromatic heterocycles. The van der Waals surface area contributed by atoms with Gasteiger partial charge in [0, 0.05) is 5.92 Å². The Morgan fingerprint density at radius 2 is 1.63 bits per heavy atom. The van der Waals surface area contributed by atoms with Gasteiger partial charge >= 0.3 is 17.8 Å². The Morgan fingerprint density at radius 3 is 2.28 bits per heavy atom. The molecule has 9 nitrogen and oxygen atoms in total. The van der Waals surface area contributed by atoms with Crippen molar-refractivity contribution in [1.29, 1.82) is 0 Å². The molecule has 0 unspecified atom stereocenters. The minimum atomic E-state index is -0.829. The molecular formula is C37H52O9. The number of allylic oxidation sites excluding steroid dienone is 2. The van der Waals surface area contributed by atoms with Crippen LogP contribution in [0.3, 0.4) is 0 Å². The third kappa shape index (κ3) is 4.72. The summed E-state index contributed by atoms with van der Waals surface area (Å²) in [6.07, 6.45) is 9.49. The predicted octanol–water partition coefficient (Wildman–Crippen LogP) is 7.03. The first-order chi connectivity index (χ1) is 21.3. The highest BCUT2D eigenvalue weighted by Gasteiger charge is 2.70. The smallest absolute Gasteiger partial charge is 0.481 e. The number of aliphatic carboxylic acids is 1. The van der Waals surface area contributed by atoms with E-state index in [1.54, 1.807) is 6.92 Å². The molecule has 5 aliphatic rings. The Labute approximate surface area is 271 Å². The van der Waals surface area contributed by atoms with Gasteiger partial charge in [-0.25, -0.2) is 9.59 Å². The molecule has 4 fully saturated rings. The lowest BCUT2D eigenvalue weighted by molar-refractivity contribution is -0.211. The number of carboxylic acid groups (broad SMARTS) is 1. The SMILES string of the molecule is Cc1oc(=O)oc1COC(=O)CO[C@H]1CC[C@]2(C)[C@H]3C(=O)C=C4[C@@H]5C[C@@](C)(C(=O)O)CC[C@]5(C)CC[C@@]4(C)[C@]3(C)CC[C@H]2C1(C)C. The topological polar surface area (TPSA) is 133 Å². The lowest BCUT2D eigenvalue weighted by Crippen LogP contribution is -2.66. The standard InChI is InChI=1S/C37H52O9/c1-21-25(46-31(42)45-21)19-44-28(39)20-43-27-10-11-35(6)26(32(27,2)3)9-12-37(8)29(35)24(38)17-22-23-18-34(5,30(40)41)14-13-33(23,4)15-16-36(22,37)7/h17,23,26-27,29H,9-16,18-20H2,1-8H3,(H,40,41)/t23-,26-,27-,29+,33+,34-,35-,36+,37+/m0/s1. The van der Waals surface area contributed by atoms with Crippen LogP contribution in [0.4, 0.5) is 0 Å². The molecule has 9 atom stereocenters. The van der Waals surface area contributed by atoms with Gasteiger partial charge in [-0.1, -0.05) is 47.1 Å². The number of hydrogen-bond acceptors (Lipinski definition) is 8. The second-order valence-corrected chi connectivity index (χ2v) is 17.3. The Hall–Kier alpha value is -2.68. The molecule has 46 heavy (non-hydrogen) atoms. The molecule has 254 valence electrons. The summed E-state index contributed by atoms with van der Waals surface area (Å²) >= 11 is 0. The number of carboxylic acids is 1. The summed E-state index contributed by atoms with van der Waals surface area (Å²) in [7, 11) is 0. The summed E-state index contributed by atoms with van der Waals surface area (Å²) in [4.78, 5) is 50.8. The number of esters is 1. The van der Waals surface area contributed by atoms with E-state index in [4.69, 9.17) is 18.3 Å². The van der Waals surface area contributed by atoms with Crippen molar-refractivity contribution in [1.82, 2.24) is 0 Å². The number of aryl methyl sites for hydroxylation is 1. The zero-order chi connectivity index (χ0) is 33.7. The maximum Gasteiger partial charge on any atom is 0.519 e. The lowest BCUT2D eigenvalue weighted by atomic mass is 9.33. The van der Waals surface area contributed by atoms with E-state index in [9.17, 15) is 24.3 Å². The van der Waals surface area contributed by atoms with Gasteiger partial charge in [-0.15, -0.1) is 0 Å². The quantitative estimate of drug-likeness (QED) is 0.325. The van der Waals surface area contributed by atoms with Crippen LogP contribution in [0.5, 0.6) is 0 Å². The number of fused-ring (bicyclic) bond motifs is 7. The number of ketones is 1. The molecule has 9 heteroatoms. The van der Waals surface area contributed by atoms with Crippen LogP contribution >= 0.6 is 0 Å². The van der Waals surface area contributed by atoms with Crippen molar-refractivity contribution in [3.63, 3.8) is 0 Å². The molecule has 0 radical (unpaired) electrons. The Balaban J connectivity index is 1.23. The first-order valence-corrected chi connectivity index (χ1v) is 17.2. The van der Waals surface area contributed by atoms with Gasteiger partial charge < -0.3 is 23.4 Å². The van der Waals surface area contributed by atoms with Crippen LogP contribution in [0.25, 0.3) is 0 Å². The molecular weight excluding hydrogens is 588 g/mol. The van der Waals surface area contributed by atoms with Gasteiger partial charge in [-0.05, 0) is 117 Å². The van der Waals surface area contributed by atoms with Crippen molar-refractivity contribution >= 4 is 17.7 Å². The van der Waals surface area contributed by atoms with E-state index in [1.165, 1.54) is 5.57 Å². The normalized spacial score (nSPS) is 43.0. The van der Waals surface area contributed by atoms with Crippen molar-refractivity contribution in [2.45, 2.75) is 126 Å². The number of carbonyl (C=O) groups excluding carboxylic acids is 2. The van der Waals surface area contributed by atoms with Gasteiger partial charge in [-0.2, -0.15) is 0 Å². The van der Waals surface area contributed by atoms with Crippen LogP contribution in [0.15, 0.2) is 25.3 Å². The molecule has 4 saturated carbocycles. The van der Waals surface area contributed by atoms with Gasteiger partial charge in [0.15, 0.2) is 23.9 Å². The summed E-state index contributed by atoms with van der Waals surface area (Å²) < 4.78 is 21.3. The molecule has 1 N–H and O–H groups in total. The van der Waals surface area contributed by atoms with E-state index >= 15 is 0 Å². The fraction of sp³-hybridized carbons (Fsp3) is 0.784. The summed E-state index contributed by atoms with van der Waals surface area (Å²) in [5, 5.41) is 10.2. The highest BCUT2D eigenvalue weighted by Crippen LogP contribution is 2.75. The van der Waals surface area contributed by atoms with E-state index in [0.717, 1.165) is 44.9 Å². The molecule has 0 bridgehead atoms. The Bertz CT molecular complexity index is 1530. The summed E-state index contributed by atoms with van der Waals surface area (Å²) in [5.74, 6) is -1.23. The van der Waals surface area contributed by atoms with Crippen molar-refractivity contribution < 1.29 is 37.8 Å². The van der Waals surface area contributed by atoms with Crippen LogP contribution in [0.2, 0.25) is 0 Å². The van der Waals surface area contributed by atoms with Crippen molar-refractivity contribution in [3.05, 3.63) is 33.8 Å². The van der Waals surface area contributed by atoms with Crippen LogP contribution < -0.4 is 5.82 Å². The lowest BCUT2D eigenvalue weighted by Gasteiger charge is -2.70. The zero-order valence-corrected chi connectivity index (χ0v) is 28.9. The molecule has 0 spiro atoms. The number of hydrogen-bond donors (Lipinski definition) is 1. The average Bonchev–Trinajstić information content (AvgIpc) is 3.29. The van der Waals surface area contributed by atoms with E-state index in [2.05, 4.69) is 41.5 Å². The average molecular weight is 641 g/mol. The second kappa shape index (κ2) is 10.7. The third-order valence-corrected chi connectivity index (χ3v) is 14.6. The molecule has 1 aromatic rings. The van der Waals surface area contributed by atoms with Crippen molar-refractivity contribution in [2.24, 2.45) is 50.2 Å². The maximum absolute atomic E-state index is 14.6. The number of ether oxygens (including phenoxy) is 2. The molecule has 5 aliphatic carbocycles. The van der Waals surface area contributed by atoms with Gasteiger partial charge in [0.05, 0.1) is 11.5 Å².